The molecule has 0 heterocycles. The summed E-state index contributed by atoms with van der Waals surface area (Å²) in [6.45, 7) is 0. The largest absolute Gasteiger partial charge is 0.393 e. The van der Waals surface area contributed by atoms with Gasteiger partial charge in [-0.05, 0) is 60.8 Å². The molecule has 1 saturated carbocycles. The average Bonchev–Trinajstić information content (AvgIpc) is 3.04. The van der Waals surface area contributed by atoms with Gasteiger partial charge in [0.15, 0.2) is 0 Å². The molecule has 3 aliphatic rings. The molecule has 0 aromatic heterocycles. The molecule has 0 aliphatic heterocycles. The highest BCUT2D eigenvalue weighted by Crippen LogP contribution is 2.62. The summed E-state index contributed by atoms with van der Waals surface area (Å²) < 4.78 is -0.223. The lowest BCUT2D eigenvalue weighted by molar-refractivity contribution is 0.0690. The zero-order valence-electron chi connectivity index (χ0n) is 18.4. The highest BCUT2D eigenvalue weighted by Gasteiger charge is 2.51. The Bertz CT molecular complexity index is 927. The van der Waals surface area contributed by atoms with Crippen molar-refractivity contribution in [2.75, 3.05) is 0 Å². The molecule has 31 heavy (non-hydrogen) atoms. The van der Waals surface area contributed by atoms with Crippen LogP contribution < -0.4 is 0 Å². The molecule has 1 N–H and O–H groups in total. The Morgan fingerprint density at radius 2 is 1.39 bits per heavy atom. The third kappa shape index (κ3) is 3.94. The van der Waals surface area contributed by atoms with E-state index in [0.717, 1.165) is 25.7 Å². The van der Waals surface area contributed by atoms with Crippen molar-refractivity contribution in [2.24, 2.45) is 5.92 Å². The Kier molecular flexibility index (Phi) is 6.39. The number of hydrogen-bond acceptors (Lipinski definition) is 2. The van der Waals surface area contributed by atoms with Crippen molar-refractivity contribution in [2.45, 2.75) is 75.1 Å². The summed E-state index contributed by atoms with van der Waals surface area (Å²) >= 11 is 2.02. The highest BCUT2D eigenvalue weighted by molar-refractivity contribution is 8.04. The van der Waals surface area contributed by atoms with Gasteiger partial charge in [0.2, 0.25) is 0 Å². The minimum absolute atomic E-state index is 0.223. The number of thioether (sulfide) groups is 1. The van der Waals surface area contributed by atoms with Gasteiger partial charge in [0.25, 0.3) is 0 Å². The van der Waals surface area contributed by atoms with Crippen LogP contribution in [0.2, 0.25) is 0 Å². The predicted octanol–water partition coefficient (Wildman–Crippen LogP) is 7.99. The Morgan fingerprint density at radius 1 is 0.742 bits per heavy atom. The molecule has 0 amide bonds. The Balaban J connectivity index is 1.70. The third-order valence-electron chi connectivity index (χ3n) is 7.43. The number of rotatable bonds is 3. The summed E-state index contributed by atoms with van der Waals surface area (Å²) in [5.74, 6) is 0.224. The van der Waals surface area contributed by atoms with E-state index in [-0.39, 0.29) is 16.8 Å². The van der Waals surface area contributed by atoms with E-state index in [2.05, 4.69) is 66.8 Å². The maximum absolute atomic E-state index is 11.5. The first-order valence-electron chi connectivity index (χ1n) is 12.2. The molecule has 1 nitrogen and oxygen atoms in total. The van der Waals surface area contributed by atoms with E-state index in [1.165, 1.54) is 65.7 Å². The lowest BCUT2D eigenvalue weighted by atomic mass is 9.74. The molecule has 2 atom stereocenters. The van der Waals surface area contributed by atoms with Crippen LogP contribution in [-0.4, -0.2) is 11.2 Å². The summed E-state index contributed by atoms with van der Waals surface area (Å²) in [4.78, 5) is 1.38. The number of benzene rings is 2. The molecule has 2 heteroatoms. The number of aliphatic hydroxyl groups excluding tert-OH is 1. The van der Waals surface area contributed by atoms with Crippen molar-refractivity contribution in [3.8, 4) is 11.1 Å². The average molecular weight is 431 g/mol. The summed E-state index contributed by atoms with van der Waals surface area (Å²) in [7, 11) is 0. The fourth-order valence-electron chi connectivity index (χ4n) is 5.93. The summed E-state index contributed by atoms with van der Waals surface area (Å²) in [6.07, 6.45) is 18.7. The van der Waals surface area contributed by atoms with E-state index < -0.39 is 0 Å². The molecule has 162 valence electrons. The molecule has 5 rings (SSSR count). The number of fused-ring (bicyclic) bond motifs is 3. The van der Waals surface area contributed by atoms with E-state index in [1.807, 2.05) is 11.8 Å². The lowest BCUT2D eigenvalue weighted by Crippen LogP contribution is -2.40. The van der Waals surface area contributed by atoms with Crippen molar-refractivity contribution < 1.29 is 5.11 Å². The number of aliphatic hydroxyl groups is 1. The van der Waals surface area contributed by atoms with Crippen molar-refractivity contribution in [1.82, 2.24) is 0 Å². The van der Waals surface area contributed by atoms with E-state index in [9.17, 15) is 5.11 Å². The molecule has 0 spiro atoms. The highest BCUT2D eigenvalue weighted by atomic mass is 32.2. The normalized spacial score (nSPS) is 28.1. The molecule has 0 saturated heterocycles. The van der Waals surface area contributed by atoms with Crippen molar-refractivity contribution in [3.63, 3.8) is 0 Å². The molecule has 3 aliphatic carbocycles. The second-order valence-corrected chi connectivity index (χ2v) is 10.7. The zero-order valence-corrected chi connectivity index (χ0v) is 19.2. The molecular weight excluding hydrogens is 396 g/mol. The fraction of sp³-hybridized carbons (Fsp3) is 0.448. The second-order valence-electron chi connectivity index (χ2n) is 9.39. The van der Waals surface area contributed by atoms with Gasteiger partial charge in [-0.1, -0.05) is 92.4 Å². The number of hydrogen-bond donors (Lipinski definition) is 1. The van der Waals surface area contributed by atoms with Crippen LogP contribution in [0.1, 0.15) is 75.3 Å². The first kappa shape index (κ1) is 21.1. The topological polar surface area (TPSA) is 20.2 Å². The maximum Gasteiger partial charge on any atom is 0.0768 e. The third-order valence-corrected chi connectivity index (χ3v) is 9.03. The van der Waals surface area contributed by atoms with Crippen molar-refractivity contribution in [3.05, 3.63) is 82.8 Å². The van der Waals surface area contributed by atoms with Crippen LogP contribution in [0.3, 0.4) is 0 Å². The summed E-state index contributed by atoms with van der Waals surface area (Å²) in [5.41, 5.74) is 5.52. The van der Waals surface area contributed by atoms with E-state index in [1.54, 1.807) is 0 Å². The first-order valence-corrected chi connectivity index (χ1v) is 13.1. The molecule has 2 aromatic rings. The van der Waals surface area contributed by atoms with E-state index >= 15 is 0 Å². The SMILES string of the molecule is O[C@H]1CCCCCC[C@@H]1C1(SC2=C/CCCC/C=C\2)c2ccccc2-c2ccccc21. The lowest BCUT2D eigenvalue weighted by Gasteiger charge is -2.43. The second kappa shape index (κ2) is 9.38. The minimum Gasteiger partial charge on any atom is -0.393 e. The van der Waals surface area contributed by atoms with Gasteiger partial charge in [-0.3, -0.25) is 0 Å². The van der Waals surface area contributed by atoms with Gasteiger partial charge >= 0.3 is 0 Å². The van der Waals surface area contributed by atoms with Crippen molar-refractivity contribution >= 4 is 11.8 Å². The fourth-order valence-corrected chi connectivity index (χ4v) is 7.67. The number of allylic oxidation sites excluding steroid dienone is 3. The Morgan fingerprint density at radius 3 is 2.13 bits per heavy atom. The summed E-state index contributed by atoms with van der Waals surface area (Å²) in [5, 5.41) is 11.5. The molecule has 2 aromatic carbocycles. The van der Waals surface area contributed by atoms with Crippen LogP contribution >= 0.6 is 11.8 Å². The minimum atomic E-state index is -0.259. The zero-order chi connectivity index (χ0) is 21.1. The Labute approximate surface area is 191 Å². The maximum atomic E-state index is 11.5. The first-order chi connectivity index (χ1) is 15.3. The standard InChI is InChI=1S/C29H34OS/c30-28-21-9-5-4-8-20-27(28)29(31-22-14-6-2-1-3-7-15-22)25-18-12-10-16-23(25)24-17-11-13-19-26(24)29/h6,10-19,27-28,30H,1-5,7-9,20-21H2/b14-6-,22-15+/t27-,28-/m0/s1. The summed E-state index contributed by atoms with van der Waals surface area (Å²) in [6, 6.07) is 18.0. The van der Waals surface area contributed by atoms with E-state index in [4.69, 9.17) is 0 Å². The van der Waals surface area contributed by atoms with Gasteiger partial charge < -0.3 is 5.11 Å². The van der Waals surface area contributed by atoms with Gasteiger partial charge in [0.05, 0.1) is 10.9 Å². The smallest absolute Gasteiger partial charge is 0.0768 e. The van der Waals surface area contributed by atoms with Crippen molar-refractivity contribution in [1.29, 1.82) is 0 Å². The Hall–Kier alpha value is -1.77. The van der Waals surface area contributed by atoms with Crippen LogP contribution in [0.5, 0.6) is 0 Å². The van der Waals surface area contributed by atoms with Gasteiger partial charge in [-0.25, -0.2) is 0 Å². The molecule has 0 radical (unpaired) electrons. The molecule has 1 fully saturated rings. The van der Waals surface area contributed by atoms with Crippen LogP contribution in [0, 0.1) is 5.92 Å². The van der Waals surface area contributed by atoms with Gasteiger partial charge in [-0.15, -0.1) is 11.8 Å². The quantitative estimate of drug-likeness (QED) is 0.532. The van der Waals surface area contributed by atoms with Crippen LogP contribution in [0.15, 0.2) is 71.7 Å². The van der Waals surface area contributed by atoms with Gasteiger partial charge in [0, 0.05) is 10.8 Å². The molecule has 0 bridgehead atoms. The van der Waals surface area contributed by atoms with Gasteiger partial charge in [0.1, 0.15) is 0 Å². The monoisotopic (exact) mass is 430 g/mol. The van der Waals surface area contributed by atoms with Crippen LogP contribution in [-0.2, 0) is 4.75 Å². The van der Waals surface area contributed by atoms with Crippen LogP contribution in [0.25, 0.3) is 11.1 Å². The van der Waals surface area contributed by atoms with E-state index in [0.29, 0.717) is 0 Å². The molecular formula is C29H34OS. The van der Waals surface area contributed by atoms with Crippen LogP contribution in [0.4, 0.5) is 0 Å². The van der Waals surface area contributed by atoms with Gasteiger partial charge in [-0.2, -0.15) is 0 Å². The predicted molar refractivity (Wildman–Crippen MR) is 133 cm³/mol. The molecule has 0 unspecified atom stereocenters.